The highest BCUT2D eigenvalue weighted by Gasteiger charge is 2.16. The summed E-state index contributed by atoms with van der Waals surface area (Å²) in [5.74, 6) is -1.14. The van der Waals surface area contributed by atoms with E-state index in [1.165, 1.54) is 12.1 Å². The van der Waals surface area contributed by atoms with Gasteiger partial charge in [-0.3, -0.25) is 4.99 Å². The molecule has 1 N–H and O–H groups in total. The molecule has 1 aromatic heterocycles. The lowest BCUT2D eigenvalue weighted by molar-refractivity contribution is 0.0698. The van der Waals surface area contributed by atoms with E-state index in [-0.39, 0.29) is 21.3 Å². The van der Waals surface area contributed by atoms with Gasteiger partial charge in [-0.2, -0.15) is 5.10 Å². The zero-order chi connectivity index (χ0) is 18.8. The molecule has 0 spiro atoms. The van der Waals surface area contributed by atoms with Crippen molar-refractivity contribution in [2.75, 3.05) is 0 Å². The Bertz CT molecular complexity index is 1010. The van der Waals surface area contributed by atoms with Gasteiger partial charge in [0.25, 0.3) is 0 Å². The largest absolute Gasteiger partial charge is 0.478 e. The van der Waals surface area contributed by atoms with E-state index >= 15 is 0 Å². The van der Waals surface area contributed by atoms with Crippen LogP contribution in [0.2, 0.25) is 10.0 Å². The first-order chi connectivity index (χ1) is 12.4. The molecule has 0 aliphatic carbocycles. The van der Waals surface area contributed by atoms with E-state index in [0.717, 1.165) is 22.6 Å². The van der Waals surface area contributed by atoms with Crippen LogP contribution in [0, 0.1) is 13.8 Å². The van der Waals surface area contributed by atoms with E-state index in [9.17, 15) is 9.90 Å². The minimum absolute atomic E-state index is 0.0514. The molecule has 0 aliphatic rings. The zero-order valence-electron chi connectivity index (χ0n) is 14.1. The molecular weight excluding hydrogens is 373 g/mol. The van der Waals surface area contributed by atoms with Crippen LogP contribution in [0.25, 0.3) is 5.69 Å². The van der Waals surface area contributed by atoms with Crippen LogP contribution in [-0.4, -0.2) is 27.1 Å². The van der Waals surface area contributed by atoms with Crippen molar-refractivity contribution in [3.8, 4) is 5.69 Å². The standard InChI is InChI=1S/C19H15Cl2N3O2/c1-11-16(12(2)24(23-11)14-6-4-3-5-7-14)10-22-18-15(19(25)26)8-13(20)9-17(18)21/h3-10H,1-2H3,(H,25,26). The van der Waals surface area contributed by atoms with Gasteiger partial charge in [0.05, 0.1) is 33.3 Å². The maximum Gasteiger partial charge on any atom is 0.338 e. The van der Waals surface area contributed by atoms with Crippen molar-refractivity contribution >= 4 is 41.1 Å². The Morgan fingerprint density at radius 1 is 1.19 bits per heavy atom. The van der Waals surface area contributed by atoms with Crippen molar-refractivity contribution in [3.63, 3.8) is 0 Å². The fourth-order valence-electron chi connectivity index (χ4n) is 2.65. The summed E-state index contributed by atoms with van der Waals surface area (Å²) in [6.45, 7) is 3.80. The van der Waals surface area contributed by atoms with E-state index in [4.69, 9.17) is 23.2 Å². The lowest BCUT2D eigenvalue weighted by Gasteiger charge is -2.05. The van der Waals surface area contributed by atoms with Gasteiger partial charge in [-0.15, -0.1) is 0 Å². The minimum Gasteiger partial charge on any atom is -0.478 e. The monoisotopic (exact) mass is 387 g/mol. The molecule has 0 atom stereocenters. The Balaban J connectivity index is 2.06. The molecule has 3 aromatic rings. The first-order valence-electron chi connectivity index (χ1n) is 7.76. The summed E-state index contributed by atoms with van der Waals surface area (Å²) in [7, 11) is 0. The molecule has 2 aromatic carbocycles. The second-order valence-electron chi connectivity index (χ2n) is 5.68. The van der Waals surface area contributed by atoms with Crippen LogP contribution in [0.15, 0.2) is 47.5 Å². The Morgan fingerprint density at radius 3 is 2.54 bits per heavy atom. The minimum atomic E-state index is -1.14. The van der Waals surface area contributed by atoms with Crippen molar-refractivity contribution in [3.05, 3.63) is 75.0 Å². The molecule has 0 bridgehead atoms. The molecule has 0 amide bonds. The van der Waals surface area contributed by atoms with Crippen molar-refractivity contribution in [2.45, 2.75) is 13.8 Å². The number of halogens is 2. The molecular formula is C19H15Cl2N3O2. The van der Waals surface area contributed by atoms with Crippen LogP contribution < -0.4 is 0 Å². The van der Waals surface area contributed by atoms with Gasteiger partial charge >= 0.3 is 5.97 Å². The van der Waals surface area contributed by atoms with Gasteiger partial charge in [0.15, 0.2) is 0 Å². The lowest BCUT2D eigenvalue weighted by Crippen LogP contribution is -1.99. The molecule has 132 valence electrons. The highest BCUT2D eigenvalue weighted by atomic mass is 35.5. The van der Waals surface area contributed by atoms with Crippen molar-refractivity contribution in [1.82, 2.24) is 9.78 Å². The Hall–Kier alpha value is -2.63. The molecule has 7 heteroatoms. The SMILES string of the molecule is Cc1nn(-c2ccccc2)c(C)c1C=Nc1c(Cl)cc(Cl)cc1C(=O)O. The first kappa shape index (κ1) is 18.2. The van der Waals surface area contributed by atoms with Gasteiger partial charge in [-0.05, 0) is 38.1 Å². The maximum absolute atomic E-state index is 11.5. The van der Waals surface area contributed by atoms with Gasteiger partial charge in [-0.1, -0.05) is 41.4 Å². The molecule has 0 saturated heterocycles. The summed E-state index contributed by atoms with van der Waals surface area (Å²) >= 11 is 12.0. The number of aryl methyl sites for hydroxylation is 1. The summed E-state index contributed by atoms with van der Waals surface area (Å²) in [5.41, 5.74) is 3.51. The van der Waals surface area contributed by atoms with Crippen LogP contribution in [0.5, 0.6) is 0 Å². The lowest BCUT2D eigenvalue weighted by atomic mass is 10.1. The van der Waals surface area contributed by atoms with Gasteiger partial charge in [0, 0.05) is 16.8 Å². The number of hydrogen-bond donors (Lipinski definition) is 1. The van der Waals surface area contributed by atoms with E-state index in [1.807, 2.05) is 48.9 Å². The summed E-state index contributed by atoms with van der Waals surface area (Å²) in [5, 5.41) is 14.3. The number of aromatic carboxylic acids is 1. The molecule has 26 heavy (non-hydrogen) atoms. The highest BCUT2D eigenvalue weighted by molar-refractivity contribution is 6.37. The smallest absolute Gasteiger partial charge is 0.338 e. The molecule has 0 aliphatic heterocycles. The summed E-state index contributed by atoms with van der Waals surface area (Å²) < 4.78 is 1.82. The fourth-order valence-corrected chi connectivity index (χ4v) is 3.19. The summed E-state index contributed by atoms with van der Waals surface area (Å²) in [4.78, 5) is 15.8. The number of hydrogen-bond acceptors (Lipinski definition) is 3. The molecule has 3 rings (SSSR count). The van der Waals surface area contributed by atoms with Crippen molar-refractivity contribution in [2.24, 2.45) is 4.99 Å². The average Bonchev–Trinajstić information content (AvgIpc) is 2.88. The van der Waals surface area contributed by atoms with Crippen LogP contribution in [0.3, 0.4) is 0 Å². The molecule has 0 saturated carbocycles. The quantitative estimate of drug-likeness (QED) is 0.621. The Kier molecular flexibility index (Phi) is 5.11. The predicted molar refractivity (Wildman–Crippen MR) is 104 cm³/mol. The Morgan fingerprint density at radius 2 is 1.88 bits per heavy atom. The average molecular weight is 388 g/mol. The van der Waals surface area contributed by atoms with Crippen LogP contribution in [0.1, 0.15) is 27.3 Å². The first-order valence-corrected chi connectivity index (χ1v) is 8.52. The van der Waals surface area contributed by atoms with Crippen LogP contribution in [-0.2, 0) is 0 Å². The predicted octanol–water partition coefficient (Wildman–Crippen LogP) is 5.24. The number of carboxylic acids is 1. The van der Waals surface area contributed by atoms with E-state index < -0.39 is 5.97 Å². The second-order valence-corrected chi connectivity index (χ2v) is 6.52. The third kappa shape index (κ3) is 3.49. The van der Waals surface area contributed by atoms with Crippen LogP contribution in [0.4, 0.5) is 5.69 Å². The third-order valence-corrected chi connectivity index (χ3v) is 4.44. The topological polar surface area (TPSA) is 67.5 Å². The zero-order valence-corrected chi connectivity index (χ0v) is 15.6. The highest BCUT2D eigenvalue weighted by Crippen LogP contribution is 2.33. The number of rotatable bonds is 4. The Labute approximate surface area is 160 Å². The van der Waals surface area contributed by atoms with E-state index in [0.29, 0.717) is 0 Å². The fraction of sp³-hybridized carbons (Fsp3) is 0.105. The van der Waals surface area contributed by atoms with Crippen LogP contribution >= 0.6 is 23.2 Å². The molecule has 1 heterocycles. The van der Waals surface area contributed by atoms with Crippen molar-refractivity contribution in [1.29, 1.82) is 0 Å². The van der Waals surface area contributed by atoms with E-state index in [2.05, 4.69) is 10.1 Å². The third-order valence-electron chi connectivity index (χ3n) is 3.93. The summed E-state index contributed by atoms with van der Waals surface area (Å²) in [6, 6.07) is 12.5. The molecule has 0 fully saturated rings. The van der Waals surface area contributed by atoms with E-state index in [1.54, 1.807) is 6.21 Å². The maximum atomic E-state index is 11.5. The van der Waals surface area contributed by atoms with Gasteiger partial charge in [0.1, 0.15) is 0 Å². The number of nitrogens with zero attached hydrogens (tertiary/aromatic N) is 3. The molecule has 5 nitrogen and oxygen atoms in total. The molecule has 0 radical (unpaired) electrons. The second kappa shape index (κ2) is 7.32. The van der Waals surface area contributed by atoms with Crippen molar-refractivity contribution < 1.29 is 9.90 Å². The van der Waals surface area contributed by atoms with Gasteiger partial charge in [0.2, 0.25) is 0 Å². The van der Waals surface area contributed by atoms with Gasteiger partial charge < -0.3 is 5.11 Å². The number of carboxylic acid groups (broad SMARTS) is 1. The number of para-hydroxylation sites is 1. The van der Waals surface area contributed by atoms with Gasteiger partial charge in [-0.25, -0.2) is 9.48 Å². The normalized spacial score (nSPS) is 11.2. The summed E-state index contributed by atoms with van der Waals surface area (Å²) in [6.07, 6.45) is 1.58. The number of aliphatic imine (C=N–C) groups is 1. The molecule has 0 unspecified atom stereocenters. The number of carbonyl (C=O) groups is 1. The number of aromatic nitrogens is 2. The number of benzene rings is 2.